The van der Waals surface area contributed by atoms with Gasteiger partial charge < -0.3 is 34.1 Å². The largest absolute Gasteiger partial charge is 0.454 e. The second-order valence-electron chi connectivity index (χ2n) is 9.34. The molecule has 1 fully saturated rings. The molecule has 0 aromatic carbocycles. The van der Waals surface area contributed by atoms with Crippen molar-refractivity contribution in [1.82, 2.24) is 34.3 Å². The number of aryl methyl sites for hydroxylation is 2. The number of fused-ring (bicyclic) bond motifs is 1. The van der Waals surface area contributed by atoms with Crippen LogP contribution in [0.1, 0.15) is 11.1 Å². The molecular formula is C25H22F3N9O4. The van der Waals surface area contributed by atoms with Crippen LogP contribution in [0.3, 0.4) is 0 Å². The number of hydrogen-bond donors (Lipinski definition) is 2. The predicted octanol–water partition coefficient (Wildman–Crippen LogP) is 2.89. The minimum Gasteiger partial charge on any atom is -0.454 e. The number of anilines is 2. The topological polar surface area (TPSA) is 152 Å². The van der Waals surface area contributed by atoms with Gasteiger partial charge in [0.15, 0.2) is 11.4 Å². The molecule has 0 radical (unpaired) electrons. The first kappa shape index (κ1) is 27.4. The van der Waals surface area contributed by atoms with Crippen molar-refractivity contribution in [2.45, 2.75) is 12.2 Å². The van der Waals surface area contributed by atoms with Gasteiger partial charge >= 0.3 is 12.3 Å². The van der Waals surface area contributed by atoms with Gasteiger partial charge in [0.1, 0.15) is 28.6 Å². The van der Waals surface area contributed by atoms with Crippen LogP contribution in [0, 0.1) is 11.3 Å². The first-order valence-electron chi connectivity index (χ1n) is 12.0. The zero-order chi connectivity index (χ0) is 29.5. The second kappa shape index (κ2) is 10.4. The zero-order valence-corrected chi connectivity index (χ0v) is 21.9. The Balaban J connectivity index is 1.41. The molecule has 0 aliphatic carbocycles. The zero-order valence-electron chi connectivity index (χ0n) is 21.9. The maximum absolute atomic E-state index is 13.3. The molecule has 4 aromatic rings. The van der Waals surface area contributed by atoms with E-state index in [4.69, 9.17) is 9.47 Å². The fraction of sp³-hybridized carbons (Fsp3) is 0.280. The number of nitrogens with zero attached hydrogens (tertiary/aromatic N) is 7. The van der Waals surface area contributed by atoms with Crippen LogP contribution in [0.15, 0.2) is 41.6 Å². The third-order valence-corrected chi connectivity index (χ3v) is 6.25. The fourth-order valence-electron chi connectivity index (χ4n) is 4.25. The SMILES string of the molecule is CN1CC(NC(=O)Oc2cc(Oc3cnc4nc(Nc5cc(C(F)(F)F)cn(C)c5=O)n(C)c4c3C#N)ccn2)C1. The van der Waals surface area contributed by atoms with Crippen LogP contribution in [0.5, 0.6) is 17.4 Å². The van der Waals surface area contributed by atoms with Crippen molar-refractivity contribution >= 4 is 28.9 Å². The first-order valence-corrected chi connectivity index (χ1v) is 12.0. The Bertz CT molecular complexity index is 1750. The molecule has 4 aromatic heterocycles. The normalized spacial score (nSPS) is 13.9. The fourth-order valence-corrected chi connectivity index (χ4v) is 4.25. The molecule has 13 nitrogen and oxygen atoms in total. The monoisotopic (exact) mass is 569 g/mol. The Kier molecular flexibility index (Phi) is 6.97. The average molecular weight is 570 g/mol. The lowest BCUT2D eigenvalue weighted by atomic mass is 10.1. The maximum atomic E-state index is 13.3. The summed E-state index contributed by atoms with van der Waals surface area (Å²) in [6, 6.07) is 5.54. The molecule has 1 aliphatic heterocycles. The summed E-state index contributed by atoms with van der Waals surface area (Å²) in [5.41, 5.74) is -1.81. The van der Waals surface area contributed by atoms with E-state index >= 15 is 0 Å². The Morgan fingerprint density at radius 3 is 2.63 bits per heavy atom. The first-order chi connectivity index (χ1) is 19.4. The number of alkyl halides is 3. The second-order valence-corrected chi connectivity index (χ2v) is 9.34. The summed E-state index contributed by atoms with van der Waals surface area (Å²) in [6.45, 7) is 1.42. The molecular weight excluding hydrogens is 547 g/mol. The van der Waals surface area contributed by atoms with Gasteiger partial charge in [-0.1, -0.05) is 0 Å². The molecule has 0 saturated carbocycles. The molecule has 41 heavy (non-hydrogen) atoms. The van der Waals surface area contributed by atoms with Crippen molar-refractivity contribution in [1.29, 1.82) is 5.26 Å². The number of likely N-dealkylation sites (tertiary alicyclic amines) is 1. The molecule has 5 heterocycles. The number of pyridine rings is 3. The molecule has 2 N–H and O–H groups in total. The molecule has 0 unspecified atom stereocenters. The Morgan fingerprint density at radius 2 is 1.95 bits per heavy atom. The Morgan fingerprint density at radius 1 is 1.20 bits per heavy atom. The highest BCUT2D eigenvalue weighted by Crippen LogP contribution is 2.33. The van der Waals surface area contributed by atoms with Gasteiger partial charge in [-0.15, -0.1) is 0 Å². The molecule has 1 aliphatic rings. The molecule has 1 amide bonds. The number of hydrogen-bond acceptors (Lipinski definition) is 10. The van der Waals surface area contributed by atoms with E-state index in [1.54, 1.807) is 0 Å². The van der Waals surface area contributed by atoms with Crippen molar-refractivity contribution < 1.29 is 27.4 Å². The van der Waals surface area contributed by atoms with Crippen LogP contribution in [0.4, 0.5) is 29.6 Å². The van der Waals surface area contributed by atoms with E-state index in [9.17, 15) is 28.0 Å². The van der Waals surface area contributed by atoms with Crippen LogP contribution in [0.2, 0.25) is 0 Å². The van der Waals surface area contributed by atoms with Gasteiger partial charge in [0, 0.05) is 45.6 Å². The van der Waals surface area contributed by atoms with E-state index in [1.807, 2.05) is 18.0 Å². The number of rotatable bonds is 6. The number of ether oxygens (including phenoxy) is 2. The van der Waals surface area contributed by atoms with Crippen molar-refractivity contribution in [3.63, 3.8) is 0 Å². The van der Waals surface area contributed by atoms with E-state index in [0.29, 0.717) is 25.4 Å². The van der Waals surface area contributed by atoms with E-state index in [-0.39, 0.29) is 51.8 Å². The molecule has 0 atom stereocenters. The van der Waals surface area contributed by atoms with Crippen molar-refractivity contribution in [2.75, 3.05) is 25.5 Å². The average Bonchev–Trinajstić information content (AvgIpc) is 3.20. The van der Waals surface area contributed by atoms with Crippen LogP contribution >= 0.6 is 0 Å². The summed E-state index contributed by atoms with van der Waals surface area (Å²) >= 11 is 0. The number of aromatic nitrogens is 5. The van der Waals surface area contributed by atoms with Crippen LogP contribution in [-0.2, 0) is 20.3 Å². The number of carbonyl (C=O) groups excluding carboxylic acids is 1. The number of nitrogens with one attached hydrogen (secondary N) is 2. The van der Waals surface area contributed by atoms with E-state index in [2.05, 4.69) is 25.6 Å². The van der Waals surface area contributed by atoms with Gasteiger partial charge in [-0.25, -0.2) is 14.8 Å². The lowest BCUT2D eigenvalue weighted by Crippen LogP contribution is -2.58. The van der Waals surface area contributed by atoms with Crippen molar-refractivity contribution in [3.8, 4) is 23.4 Å². The highest BCUT2D eigenvalue weighted by molar-refractivity contribution is 5.84. The highest BCUT2D eigenvalue weighted by Gasteiger charge is 2.32. The van der Waals surface area contributed by atoms with Crippen LogP contribution in [0.25, 0.3) is 11.2 Å². The molecule has 0 spiro atoms. The van der Waals surface area contributed by atoms with E-state index < -0.39 is 23.4 Å². The Hall–Kier alpha value is -5.17. The third kappa shape index (κ3) is 5.61. The smallest absolute Gasteiger partial charge is 0.417 e. The van der Waals surface area contributed by atoms with Gasteiger partial charge in [-0.3, -0.25) is 4.79 Å². The number of imidazole rings is 1. The van der Waals surface area contributed by atoms with Gasteiger partial charge in [0.25, 0.3) is 5.56 Å². The van der Waals surface area contributed by atoms with Crippen LogP contribution < -0.4 is 25.7 Å². The number of carbonyl (C=O) groups is 1. The highest BCUT2D eigenvalue weighted by atomic mass is 19.4. The number of nitriles is 1. The van der Waals surface area contributed by atoms with Gasteiger partial charge in [0.05, 0.1) is 17.8 Å². The standard InChI is InChI=1S/C25H22F3N9O4/c1-35-11-14(12-35)32-24(39)41-19-7-15(4-5-30-19)40-18-9-31-21-20(16(18)8-29)37(3)23(34-21)33-17-6-13(25(26,27)28)10-36(2)22(17)38/h4-7,9-10,14H,11-12H2,1-3H3,(H,32,39)(H,31,33,34). The van der Waals surface area contributed by atoms with E-state index in [0.717, 1.165) is 4.57 Å². The summed E-state index contributed by atoms with van der Waals surface area (Å²) in [7, 11) is 4.62. The maximum Gasteiger partial charge on any atom is 0.417 e. The minimum absolute atomic E-state index is 0.0149. The molecule has 5 rings (SSSR count). The minimum atomic E-state index is -4.68. The van der Waals surface area contributed by atoms with Crippen molar-refractivity contribution in [3.05, 3.63) is 58.3 Å². The summed E-state index contributed by atoms with van der Waals surface area (Å²) in [6.07, 6.45) is -2.04. The number of likely N-dealkylation sites (N-methyl/N-ethyl adjacent to an activating group) is 1. The summed E-state index contributed by atoms with van der Waals surface area (Å²) in [5.74, 6) is 0.163. The predicted molar refractivity (Wildman–Crippen MR) is 138 cm³/mol. The lowest BCUT2D eigenvalue weighted by Gasteiger charge is -2.35. The molecule has 16 heteroatoms. The lowest BCUT2D eigenvalue weighted by molar-refractivity contribution is -0.138. The van der Waals surface area contributed by atoms with E-state index in [1.165, 1.54) is 43.2 Å². The Labute approximate surface area is 229 Å². The van der Waals surface area contributed by atoms with Gasteiger partial charge in [-0.05, 0) is 19.2 Å². The molecule has 1 saturated heterocycles. The summed E-state index contributed by atoms with van der Waals surface area (Å²) < 4.78 is 53.1. The summed E-state index contributed by atoms with van der Waals surface area (Å²) in [4.78, 5) is 39.1. The quantitative estimate of drug-likeness (QED) is 0.355. The van der Waals surface area contributed by atoms with Crippen LogP contribution in [-0.4, -0.2) is 61.3 Å². The molecule has 212 valence electrons. The molecule has 0 bridgehead atoms. The van der Waals surface area contributed by atoms with Gasteiger partial charge in [0.2, 0.25) is 11.8 Å². The van der Waals surface area contributed by atoms with Gasteiger partial charge in [-0.2, -0.15) is 23.4 Å². The van der Waals surface area contributed by atoms with Crippen molar-refractivity contribution in [2.24, 2.45) is 14.1 Å². The summed E-state index contributed by atoms with van der Waals surface area (Å²) in [5, 5.41) is 15.3. The third-order valence-electron chi connectivity index (χ3n) is 6.25. The number of amides is 1. The number of halogens is 3.